The molecular formula is C14H10BrClN2O3S. The van der Waals surface area contributed by atoms with E-state index >= 15 is 0 Å². The Morgan fingerprint density at radius 3 is 2.64 bits per heavy atom. The Morgan fingerprint density at radius 1 is 1.18 bits per heavy atom. The van der Waals surface area contributed by atoms with Gasteiger partial charge in [0, 0.05) is 4.47 Å². The Bertz CT molecular complexity index is 870. The van der Waals surface area contributed by atoms with E-state index in [1.54, 1.807) is 30.3 Å². The molecule has 2 aromatic rings. The van der Waals surface area contributed by atoms with Crippen LogP contribution in [0.25, 0.3) is 0 Å². The van der Waals surface area contributed by atoms with Crippen molar-refractivity contribution >= 4 is 54.8 Å². The third kappa shape index (κ3) is 2.60. The van der Waals surface area contributed by atoms with Gasteiger partial charge in [0.25, 0.3) is 10.0 Å². The van der Waals surface area contributed by atoms with Gasteiger partial charge in [-0.15, -0.1) is 0 Å². The number of hydrogen-bond acceptors (Lipinski definition) is 3. The Hall–Kier alpha value is -1.57. The molecule has 1 aliphatic heterocycles. The van der Waals surface area contributed by atoms with Gasteiger partial charge in [-0.1, -0.05) is 39.7 Å². The number of amides is 1. The number of rotatable bonds is 2. The highest BCUT2D eigenvalue weighted by molar-refractivity contribution is 9.10. The van der Waals surface area contributed by atoms with Gasteiger partial charge in [0.2, 0.25) is 5.91 Å². The molecule has 1 N–H and O–H groups in total. The molecule has 2 aromatic carbocycles. The number of halogens is 2. The summed E-state index contributed by atoms with van der Waals surface area (Å²) >= 11 is 9.30. The van der Waals surface area contributed by atoms with E-state index in [-0.39, 0.29) is 16.5 Å². The molecule has 3 rings (SSSR count). The lowest BCUT2D eigenvalue weighted by Gasteiger charge is -2.30. The minimum Gasteiger partial charge on any atom is -0.323 e. The quantitative estimate of drug-likeness (QED) is 0.840. The summed E-state index contributed by atoms with van der Waals surface area (Å²) in [6.45, 7) is -0.286. The van der Waals surface area contributed by atoms with Crippen molar-refractivity contribution in [3.05, 3.63) is 52.0 Å². The van der Waals surface area contributed by atoms with Crippen molar-refractivity contribution < 1.29 is 13.2 Å². The average Bonchev–Trinajstić information content (AvgIpc) is 2.45. The van der Waals surface area contributed by atoms with Gasteiger partial charge in [0.1, 0.15) is 11.4 Å². The lowest BCUT2D eigenvalue weighted by molar-refractivity contribution is -0.115. The Morgan fingerprint density at radius 2 is 1.91 bits per heavy atom. The summed E-state index contributed by atoms with van der Waals surface area (Å²) in [5, 5.41) is 2.75. The predicted molar refractivity (Wildman–Crippen MR) is 88.8 cm³/mol. The SMILES string of the molecule is O=C1CN(S(=O)(=O)c2ccc(Br)cc2Cl)c2ccccc2N1. The highest BCUT2D eigenvalue weighted by atomic mass is 79.9. The minimum absolute atomic E-state index is 0.0399. The molecule has 0 bridgehead atoms. The van der Waals surface area contributed by atoms with Crippen molar-refractivity contribution in [3.8, 4) is 0 Å². The molecule has 0 aliphatic carbocycles. The van der Waals surface area contributed by atoms with E-state index in [1.807, 2.05) is 0 Å². The van der Waals surface area contributed by atoms with Crippen LogP contribution in [0.15, 0.2) is 51.8 Å². The molecule has 0 fully saturated rings. The van der Waals surface area contributed by atoms with Crippen LogP contribution in [0.4, 0.5) is 11.4 Å². The molecule has 0 aromatic heterocycles. The van der Waals surface area contributed by atoms with E-state index in [0.717, 1.165) is 4.31 Å². The molecule has 0 saturated heterocycles. The number of nitrogens with zero attached hydrogens (tertiary/aromatic N) is 1. The van der Waals surface area contributed by atoms with Crippen molar-refractivity contribution in [3.63, 3.8) is 0 Å². The third-order valence-corrected chi connectivity index (χ3v) is 5.93. The number of carbonyl (C=O) groups is 1. The first-order chi connectivity index (χ1) is 10.4. The van der Waals surface area contributed by atoms with Crippen LogP contribution in [0, 0.1) is 0 Å². The van der Waals surface area contributed by atoms with Crippen LogP contribution in [0.3, 0.4) is 0 Å². The van der Waals surface area contributed by atoms with E-state index < -0.39 is 15.9 Å². The summed E-state index contributed by atoms with van der Waals surface area (Å²) in [5.41, 5.74) is 0.872. The maximum atomic E-state index is 12.9. The van der Waals surface area contributed by atoms with Crippen LogP contribution in [-0.4, -0.2) is 20.9 Å². The average molecular weight is 402 g/mol. The molecule has 8 heteroatoms. The summed E-state index contributed by atoms with van der Waals surface area (Å²) in [4.78, 5) is 11.8. The minimum atomic E-state index is -3.94. The fourth-order valence-electron chi connectivity index (χ4n) is 2.22. The highest BCUT2D eigenvalue weighted by Crippen LogP contribution is 2.35. The Balaban J connectivity index is 2.15. The normalized spacial score (nSPS) is 14.5. The Kier molecular flexibility index (Phi) is 3.88. The summed E-state index contributed by atoms with van der Waals surface area (Å²) < 4.78 is 27.5. The van der Waals surface area contributed by atoms with Gasteiger partial charge in [0.15, 0.2) is 0 Å². The number of carbonyl (C=O) groups excluding carboxylic acids is 1. The van der Waals surface area contributed by atoms with Crippen LogP contribution in [0.2, 0.25) is 5.02 Å². The van der Waals surface area contributed by atoms with Crippen molar-refractivity contribution in [1.29, 1.82) is 0 Å². The van der Waals surface area contributed by atoms with Gasteiger partial charge in [-0.25, -0.2) is 8.42 Å². The van der Waals surface area contributed by atoms with Gasteiger partial charge in [-0.05, 0) is 30.3 Å². The first kappa shape index (κ1) is 15.3. The van der Waals surface area contributed by atoms with Crippen molar-refractivity contribution in [1.82, 2.24) is 0 Å². The fraction of sp³-hybridized carbons (Fsp3) is 0.0714. The zero-order valence-corrected chi connectivity index (χ0v) is 14.2. The number of hydrogen-bond donors (Lipinski definition) is 1. The number of nitrogens with one attached hydrogen (secondary N) is 1. The monoisotopic (exact) mass is 400 g/mol. The number of fused-ring (bicyclic) bond motifs is 1. The van der Waals surface area contributed by atoms with Gasteiger partial charge >= 0.3 is 0 Å². The number of benzene rings is 2. The van der Waals surface area contributed by atoms with E-state index in [4.69, 9.17) is 11.6 Å². The van der Waals surface area contributed by atoms with E-state index in [2.05, 4.69) is 21.2 Å². The Labute approximate surface area is 141 Å². The number of sulfonamides is 1. The summed E-state index contributed by atoms with van der Waals surface area (Å²) in [6.07, 6.45) is 0. The number of para-hydroxylation sites is 2. The van der Waals surface area contributed by atoms with Crippen LogP contribution in [-0.2, 0) is 14.8 Å². The number of anilines is 2. The van der Waals surface area contributed by atoms with E-state index in [0.29, 0.717) is 15.8 Å². The zero-order chi connectivity index (χ0) is 15.9. The van der Waals surface area contributed by atoms with Crippen molar-refractivity contribution in [2.45, 2.75) is 4.90 Å². The van der Waals surface area contributed by atoms with Crippen LogP contribution >= 0.6 is 27.5 Å². The first-order valence-corrected chi connectivity index (χ1v) is 8.87. The van der Waals surface area contributed by atoms with Crippen molar-refractivity contribution in [2.75, 3.05) is 16.2 Å². The summed E-state index contributed by atoms with van der Waals surface area (Å²) in [7, 11) is -3.94. The highest BCUT2D eigenvalue weighted by Gasteiger charge is 2.33. The topological polar surface area (TPSA) is 66.5 Å². The van der Waals surface area contributed by atoms with Gasteiger partial charge in [-0.3, -0.25) is 9.10 Å². The van der Waals surface area contributed by atoms with E-state index in [1.165, 1.54) is 12.1 Å². The summed E-state index contributed by atoms with van der Waals surface area (Å²) in [5.74, 6) is -0.393. The molecule has 1 amide bonds. The zero-order valence-electron chi connectivity index (χ0n) is 11.1. The molecule has 1 aliphatic rings. The molecule has 0 spiro atoms. The second-order valence-electron chi connectivity index (χ2n) is 4.65. The molecular weight excluding hydrogens is 392 g/mol. The van der Waals surface area contributed by atoms with Gasteiger partial charge in [-0.2, -0.15) is 0 Å². The largest absolute Gasteiger partial charge is 0.323 e. The maximum Gasteiger partial charge on any atom is 0.266 e. The first-order valence-electron chi connectivity index (χ1n) is 6.26. The van der Waals surface area contributed by atoms with Crippen LogP contribution in [0.1, 0.15) is 0 Å². The fourth-order valence-corrected chi connectivity index (χ4v) is 4.67. The maximum absolute atomic E-state index is 12.9. The molecule has 0 saturated carbocycles. The lowest BCUT2D eigenvalue weighted by atomic mass is 10.2. The second kappa shape index (κ2) is 5.57. The smallest absolute Gasteiger partial charge is 0.266 e. The van der Waals surface area contributed by atoms with Crippen molar-refractivity contribution in [2.24, 2.45) is 0 Å². The van der Waals surface area contributed by atoms with Gasteiger partial charge in [0.05, 0.1) is 16.4 Å². The molecule has 0 unspecified atom stereocenters. The molecule has 1 heterocycles. The van der Waals surface area contributed by atoms with Crippen LogP contribution < -0.4 is 9.62 Å². The molecule has 22 heavy (non-hydrogen) atoms. The molecule has 0 atom stereocenters. The third-order valence-electron chi connectivity index (χ3n) is 3.20. The van der Waals surface area contributed by atoms with Gasteiger partial charge < -0.3 is 5.32 Å². The lowest BCUT2D eigenvalue weighted by Crippen LogP contribution is -2.42. The summed E-state index contributed by atoms with van der Waals surface area (Å²) in [6, 6.07) is 11.2. The predicted octanol–water partition coefficient (Wildman–Crippen LogP) is 3.25. The molecule has 0 radical (unpaired) electrons. The standard InChI is InChI=1S/C14H10BrClN2O3S/c15-9-5-6-13(10(16)7-9)22(20,21)18-8-14(19)17-11-3-1-2-4-12(11)18/h1-7H,8H2,(H,17,19). The second-order valence-corrected chi connectivity index (χ2v) is 7.81. The molecule has 114 valence electrons. The van der Waals surface area contributed by atoms with E-state index in [9.17, 15) is 13.2 Å². The van der Waals surface area contributed by atoms with Crippen LogP contribution in [0.5, 0.6) is 0 Å². The molecule has 5 nitrogen and oxygen atoms in total.